The lowest BCUT2D eigenvalue weighted by atomic mass is 10.2. The fourth-order valence-corrected chi connectivity index (χ4v) is 3.70. The van der Waals surface area contributed by atoms with E-state index >= 15 is 0 Å². The van der Waals surface area contributed by atoms with Gasteiger partial charge in [0.1, 0.15) is 5.75 Å². The van der Waals surface area contributed by atoms with Gasteiger partial charge in [-0.15, -0.1) is 11.3 Å². The molecule has 0 saturated heterocycles. The zero-order valence-corrected chi connectivity index (χ0v) is 14.4. The van der Waals surface area contributed by atoms with Gasteiger partial charge in [-0.25, -0.2) is 0 Å². The summed E-state index contributed by atoms with van der Waals surface area (Å²) in [6.45, 7) is 3.98. The summed E-state index contributed by atoms with van der Waals surface area (Å²) in [5, 5.41) is 0.505. The molecule has 0 N–H and O–H groups in total. The predicted octanol–water partition coefficient (Wildman–Crippen LogP) is 5.30. The van der Waals surface area contributed by atoms with E-state index in [1.54, 1.807) is 6.07 Å². The Labute approximate surface area is 135 Å². The highest BCUT2D eigenvalue weighted by molar-refractivity contribution is 9.10. The van der Waals surface area contributed by atoms with Crippen LogP contribution >= 0.6 is 38.9 Å². The van der Waals surface area contributed by atoms with Crippen molar-refractivity contribution in [2.75, 3.05) is 6.61 Å². The minimum absolute atomic E-state index is 0.00581. The first-order valence-corrected chi connectivity index (χ1v) is 8.20. The number of carbonyl (C=O) groups excluding carboxylic acids is 1. The summed E-state index contributed by atoms with van der Waals surface area (Å²) >= 11 is 11.0. The van der Waals surface area contributed by atoms with Crippen molar-refractivity contribution in [3.8, 4) is 5.75 Å². The maximum Gasteiger partial charge on any atom is 0.210 e. The fraction of sp³-hybridized carbons (Fsp3) is 0.267. The molecule has 0 aliphatic carbocycles. The second kappa shape index (κ2) is 6.74. The molecule has 106 valence electrons. The summed E-state index contributed by atoms with van der Waals surface area (Å²) in [4.78, 5) is 14.0. The number of aryl methyl sites for hydroxylation is 2. The molecule has 0 unspecified atom stereocenters. The van der Waals surface area contributed by atoms with E-state index in [1.807, 2.05) is 25.1 Å². The van der Waals surface area contributed by atoms with Crippen LogP contribution in [0.2, 0.25) is 5.02 Å². The monoisotopic (exact) mass is 372 g/mol. The van der Waals surface area contributed by atoms with Crippen LogP contribution in [-0.2, 0) is 6.42 Å². The highest BCUT2D eigenvalue weighted by Crippen LogP contribution is 2.32. The van der Waals surface area contributed by atoms with Crippen LogP contribution in [-0.4, -0.2) is 12.4 Å². The molecule has 0 fully saturated rings. The summed E-state index contributed by atoms with van der Waals surface area (Å²) in [6.07, 6.45) is 0.941. The van der Waals surface area contributed by atoms with E-state index in [4.69, 9.17) is 16.3 Å². The van der Waals surface area contributed by atoms with Crippen LogP contribution in [0.1, 0.15) is 27.0 Å². The molecule has 1 heterocycles. The first kappa shape index (κ1) is 15.5. The summed E-state index contributed by atoms with van der Waals surface area (Å²) in [6, 6.07) is 7.50. The summed E-state index contributed by atoms with van der Waals surface area (Å²) in [7, 11) is 0. The first-order valence-electron chi connectivity index (χ1n) is 6.21. The average Bonchev–Trinajstić information content (AvgIpc) is 2.86. The zero-order valence-electron chi connectivity index (χ0n) is 11.2. The Kier molecular flexibility index (Phi) is 5.24. The Morgan fingerprint density at radius 3 is 2.75 bits per heavy atom. The second-order valence-corrected chi connectivity index (χ2v) is 6.86. The van der Waals surface area contributed by atoms with Gasteiger partial charge >= 0.3 is 0 Å². The van der Waals surface area contributed by atoms with Crippen LogP contribution in [0.3, 0.4) is 0 Å². The number of thiophene rings is 1. The normalized spacial score (nSPS) is 10.6. The van der Waals surface area contributed by atoms with Crippen LogP contribution in [0.4, 0.5) is 0 Å². The predicted molar refractivity (Wildman–Crippen MR) is 87.4 cm³/mol. The Morgan fingerprint density at radius 2 is 2.15 bits per heavy atom. The molecule has 0 spiro atoms. The average molecular weight is 374 g/mol. The fourth-order valence-electron chi connectivity index (χ4n) is 1.80. The van der Waals surface area contributed by atoms with Crippen molar-refractivity contribution in [2.24, 2.45) is 0 Å². The first-order chi connectivity index (χ1) is 9.51. The molecule has 0 radical (unpaired) electrons. The lowest BCUT2D eigenvalue weighted by molar-refractivity contribution is 0.0925. The number of ether oxygens (including phenoxy) is 1. The molecule has 0 aliphatic heterocycles. The number of Topliss-reactive ketones (excluding diaryl/α,β-unsaturated/α-hetero) is 1. The van der Waals surface area contributed by atoms with Crippen LogP contribution in [0.5, 0.6) is 5.75 Å². The van der Waals surface area contributed by atoms with Gasteiger partial charge in [0.15, 0.2) is 6.61 Å². The van der Waals surface area contributed by atoms with Crippen molar-refractivity contribution in [3.05, 3.63) is 49.1 Å². The third-order valence-corrected chi connectivity index (χ3v) is 4.84. The number of benzene rings is 1. The molecule has 1 aromatic heterocycles. The number of rotatable bonds is 5. The maximum atomic E-state index is 12.1. The summed E-state index contributed by atoms with van der Waals surface area (Å²) < 4.78 is 6.48. The number of ketones is 1. The SMILES string of the molecule is CCc1ccc(C(=O)COc2c(C)cc(Br)cc2Cl)s1. The Balaban J connectivity index is 2.07. The van der Waals surface area contributed by atoms with E-state index < -0.39 is 0 Å². The molecule has 1 aromatic carbocycles. The molecule has 2 nitrogen and oxygen atoms in total. The van der Waals surface area contributed by atoms with Gasteiger partial charge in [-0.2, -0.15) is 0 Å². The molecule has 2 rings (SSSR count). The van der Waals surface area contributed by atoms with Crippen LogP contribution < -0.4 is 4.74 Å². The third-order valence-electron chi connectivity index (χ3n) is 2.83. The van der Waals surface area contributed by atoms with Crippen molar-refractivity contribution in [2.45, 2.75) is 20.3 Å². The highest BCUT2D eigenvalue weighted by atomic mass is 79.9. The quantitative estimate of drug-likeness (QED) is 0.665. The number of halogens is 2. The zero-order chi connectivity index (χ0) is 14.7. The van der Waals surface area contributed by atoms with E-state index in [0.29, 0.717) is 10.8 Å². The Hall–Kier alpha value is -0.840. The van der Waals surface area contributed by atoms with Gasteiger partial charge in [-0.3, -0.25) is 4.79 Å². The van der Waals surface area contributed by atoms with Gasteiger partial charge in [-0.1, -0.05) is 34.5 Å². The largest absolute Gasteiger partial charge is 0.484 e. The van der Waals surface area contributed by atoms with Crippen LogP contribution in [0, 0.1) is 6.92 Å². The summed E-state index contributed by atoms with van der Waals surface area (Å²) in [5.74, 6) is 0.545. The van der Waals surface area contributed by atoms with E-state index in [0.717, 1.165) is 21.3 Å². The molecule has 0 aliphatic rings. The molecule has 0 atom stereocenters. The number of carbonyl (C=O) groups is 1. The maximum absolute atomic E-state index is 12.1. The van der Waals surface area contributed by atoms with Crippen molar-refractivity contribution in [3.63, 3.8) is 0 Å². The Morgan fingerprint density at radius 1 is 1.40 bits per heavy atom. The standard InChI is InChI=1S/C15H14BrClO2S/c1-3-11-4-5-14(20-11)13(18)8-19-15-9(2)6-10(16)7-12(15)17/h4-7H,3,8H2,1-2H3. The van der Waals surface area contributed by atoms with Gasteiger partial charge in [0.25, 0.3) is 0 Å². The molecule has 5 heteroatoms. The third kappa shape index (κ3) is 3.62. The van der Waals surface area contributed by atoms with E-state index in [9.17, 15) is 4.79 Å². The molecular weight excluding hydrogens is 360 g/mol. The minimum atomic E-state index is -0.0203. The smallest absolute Gasteiger partial charge is 0.210 e. The van der Waals surface area contributed by atoms with Gasteiger partial charge in [-0.05, 0) is 43.2 Å². The van der Waals surface area contributed by atoms with Gasteiger partial charge in [0.2, 0.25) is 5.78 Å². The van der Waals surface area contributed by atoms with E-state index in [1.165, 1.54) is 16.2 Å². The van der Waals surface area contributed by atoms with Crippen molar-refractivity contribution in [1.82, 2.24) is 0 Å². The molecule has 20 heavy (non-hydrogen) atoms. The van der Waals surface area contributed by atoms with E-state index in [-0.39, 0.29) is 12.4 Å². The van der Waals surface area contributed by atoms with Crippen molar-refractivity contribution < 1.29 is 9.53 Å². The van der Waals surface area contributed by atoms with Crippen molar-refractivity contribution in [1.29, 1.82) is 0 Å². The molecular formula is C15H14BrClO2S. The van der Waals surface area contributed by atoms with Gasteiger partial charge in [0.05, 0.1) is 9.90 Å². The lowest BCUT2D eigenvalue weighted by Gasteiger charge is -2.10. The van der Waals surface area contributed by atoms with E-state index in [2.05, 4.69) is 22.9 Å². The van der Waals surface area contributed by atoms with Gasteiger partial charge in [0, 0.05) is 9.35 Å². The highest BCUT2D eigenvalue weighted by Gasteiger charge is 2.13. The molecule has 0 saturated carbocycles. The topological polar surface area (TPSA) is 26.3 Å². The van der Waals surface area contributed by atoms with Crippen LogP contribution in [0.15, 0.2) is 28.7 Å². The molecule has 0 amide bonds. The Bertz CT molecular complexity index is 614. The molecule has 0 bridgehead atoms. The lowest BCUT2D eigenvalue weighted by Crippen LogP contribution is -2.11. The number of hydrogen-bond donors (Lipinski definition) is 0. The second-order valence-electron chi connectivity index (χ2n) is 4.36. The van der Waals surface area contributed by atoms with Gasteiger partial charge < -0.3 is 4.74 Å². The number of hydrogen-bond acceptors (Lipinski definition) is 3. The molecule has 2 aromatic rings. The van der Waals surface area contributed by atoms with Crippen LogP contribution in [0.25, 0.3) is 0 Å². The minimum Gasteiger partial charge on any atom is -0.484 e. The summed E-state index contributed by atoms with van der Waals surface area (Å²) in [5.41, 5.74) is 0.901. The van der Waals surface area contributed by atoms with Crippen molar-refractivity contribution >= 4 is 44.7 Å².